The van der Waals surface area contributed by atoms with Crippen LogP contribution in [0.1, 0.15) is 26.7 Å². The Morgan fingerprint density at radius 2 is 1.84 bits per heavy atom. The first-order valence-electron chi connectivity index (χ1n) is 7.99. The van der Waals surface area contributed by atoms with Crippen LogP contribution in [0, 0.1) is 0 Å². The lowest BCUT2D eigenvalue weighted by Gasteiger charge is -2.36. The molecule has 4 nitrogen and oxygen atoms in total. The molecule has 0 radical (unpaired) electrons. The van der Waals surface area contributed by atoms with Gasteiger partial charge in [-0.1, -0.05) is 13.8 Å². The second kappa shape index (κ2) is 9.70. The van der Waals surface area contributed by atoms with Gasteiger partial charge in [-0.05, 0) is 46.6 Å². The van der Waals surface area contributed by atoms with Crippen molar-refractivity contribution < 1.29 is 0 Å². The molecule has 0 saturated carbocycles. The standard InChI is InChI=1S/C15H34N4/c1-5-19(6-2)13-10-16-9-12-18(4)15-8-7-11-17(3)14-15/h15-16H,5-14H2,1-4H3. The van der Waals surface area contributed by atoms with Crippen molar-refractivity contribution in [2.75, 3.05) is 66.5 Å². The van der Waals surface area contributed by atoms with E-state index in [1.54, 1.807) is 0 Å². The van der Waals surface area contributed by atoms with Gasteiger partial charge in [-0.2, -0.15) is 0 Å². The van der Waals surface area contributed by atoms with E-state index in [-0.39, 0.29) is 0 Å². The predicted molar refractivity (Wildman–Crippen MR) is 83.8 cm³/mol. The number of likely N-dealkylation sites (tertiary alicyclic amines) is 1. The summed E-state index contributed by atoms with van der Waals surface area (Å²) < 4.78 is 0. The van der Waals surface area contributed by atoms with Crippen molar-refractivity contribution >= 4 is 0 Å². The summed E-state index contributed by atoms with van der Waals surface area (Å²) in [6, 6.07) is 0.753. The van der Waals surface area contributed by atoms with Crippen LogP contribution < -0.4 is 5.32 Å². The maximum absolute atomic E-state index is 3.57. The molecule has 1 heterocycles. The van der Waals surface area contributed by atoms with E-state index >= 15 is 0 Å². The zero-order chi connectivity index (χ0) is 14.1. The van der Waals surface area contributed by atoms with Gasteiger partial charge >= 0.3 is 0 Å². The molecule has 0 spiro atoms. The Morgan fingerprint density at radius 1 is 1.16 bits per heavy atom. The molecule has 0 aliphatic carbocycles. The summed E-state index contributed by atoms with van der Waals surface area (Å²) in [6.07, 6.45) is 2.71. The Labute approximate surface area is 120 Å². The van der Waals surface area contributed by atoms with Gasteiger partial charge < -0.3 is 20.0 Å². The molecule has 19 heavy (non-hydrogen) atoms. The Hall–Kier alpha value is -0.160. The van der Waals surface area contributed by atoms with E-state index in [0.29, 0.717) is 0 Å². The van der Waals surface area contributed by atoms with E-state index in [4.69, 9.17) is 0 Å². The highest BCUT2D eigenvalue weighted by Gasteiger charge is 2.20. The van der Waals surface area contributed by atoms with Crippen LogP contribution in [0.5, 0.6) is 0 Å². The van der Waals surface area contributed by atoms with Gasteiger partial charge in [0.15, 0.2) is 0 Å². The minimum absolute atomic E-state index is 0.753. The first-order valence-corrected chi connectivity index (χ1v) is 7.99. The molecule has 1 N–H and O–H groups in total. The molecule has 0 aromatic carbocycles. The van der Waals surface area contributed by atoms with Gasteiger partial charge in [0.2, 0.25) is 0 Å². The van der Waals surface area contributed by atoms with Crippen molar-refractivity contribution in [1.82, 2.24) is 20.0 Å². The number of nitrogens with one attached hydrogen (secondary N) is 1. The molecule has 1 atom stereocenters. The summed E-state index contributed by atoms with van der Waals surface area (Å²) in [5, 5.41) is 3.57. The van der Waals surface area contributed by atoms with Gasteiger partial charge in [0.05, 0.1) is 0 Å². The van der Waals surface area contributed by atoms with Gasteiger partial charge in [-0.25, -0.2) is 0 Å². The van der Waals surface area contributed by atoms with Crippen molar-refractivity contribution in [2.24, 2.45) is 0 Å². The van der Waals surface area contributed by atoms with Crippen LogP contribution in [0.3, 0.4) is 0 Å². The molecule has 1 saturated heterocycles. The number of hydrogen-bond donors (Lipinski definition) is 1. The summed E-state index contributed by atoms with van der Waals surface area (Å²) in [5.74, 6) is 0. The van der Waals surface area contributed by atoms with Crippen LogP contribution in [-0.4, -0.2) is 87.2 Å². The third kappa shape index (κ3) is 6.70. The van der Waals surface area contributed by atoms with Crippen molar-refractivity contribution in [2.45, 2.75) is 32.7 Å². The normalized spacial score (nSPS) is 21.5. The first kappa shape index (κ1) is 16.9. The molecule has 1 unspecified atom stereocenters. The lowest BCUT2D eigenvalue weighted by Crippen LogP contribution is -2.47. The number of rotatable bonds is 9. The summed E-state index contributed by atoms with van der Waals surface area (Å²) in [6.45, 7) is 13.8. The van der Waals surface area contributed by atoms with E-state index in [9.17, 15) is 0 Å². The van der Waals surface area contributed by atoms with Crippen LogP contribution in [0.25, 0.3) is 0 Å². The van der Waals surface area contributed by atoms with Gasteiger partial charge in [-0.3, -0.25) is 0 Å². The minimum Gasteiger partial charge on any atom is -0.314 e. The maximum atomic E-state index is 3.57. The highest BCUT2D eigenvalue weighted by atomic mass is 15.2. The molecule has 1 aliphatic heterocycles. The fourth-order valence-corrected chi connectivity index (χ4v) is 2.84. The molecule has 0 aromatic heterocycles. The molecule has 4 heteroatoms. The van der Waals surface area contributed by atoms with E-state index in [0.717, 1.165) is 38.8 Å². The smallest absolute Gasteiger partial charge is 0.0221 e. The Morgan fingerprint density at radius 3 is 2.47 bits per heavy atom. The van der Waals surface area contributed by atoms with E-state index in [1.165, 1.54) is 32.5 Å². The second-order valence-electron chi connectivity index (χ2n) is 5.82. The summed E-state index contributed by atoms with van der Waals surface area (Å²) in [4.78, 5) is 7.45. The fraction of sp³-hybridized carbons (Fsp3) is 1.00. The molecule has 0 aromatic rings. The number of nitrogens with zero attached hydrogens (tertiary/aromatic N) is 3. The minimum atomic E-state index is 0.753. The van der Waals surface area contributed by atoms with Gasteiger partial charge in [0.1, 0.15) is 0 Å². The van der Waals surface area contributed by atoms with Crippen LogP contribution in [0.4, 0.5) is 0 Å². The Balaban J connectivity index is 2.05. The highest BCUT2D eigenvalue weighted by Crippen LogP contribution is 2.12. The SMILES string of the molecule is CCN(CC)CCNCCN(C)C1CCCN(C)C1. The lowest BCUT2D eigenvalue weighted by molar-refractivity contribution is 0.135. The molecular formula is C15H34N4. The van der Waals surface area contributed by atoms with Crippen molar-refractivity contribution in [3.63, 3.8) is 0 Å². The lowest BCUT2D eigenvalue weighted by atomic mass is 10.1. The quantitative estimate of drug-likeness (QED) is 0.630. The Kier molecular flexibility index (Phi) is 8.62. The molecule has 1 fully saturated rings. The van der Waals surface area contributed by atoms with Gasteiger partial charge in [-0.15, -0.1) is 0 Å². The zero-order valence-corrected chi connectivity index (χ0v) is 13.5. The van der Waals surface area contributed by atoms with E-state index in [1.807, 2.05) is 0 Å². The van der Waals surface area contributed by atoms with Crippen LogP contribution in [-0.2, 0) is 0 Å². The first-order chi connectivity index (χ1) is 9.17. The molecule has 114 valence electrons. The third-order valence-corrected chi connectivity index (χ3v) is 4.36. The van der Waals surface area contributed by atoms with E-state index < -0.39 is 0 Å². The van der Waals surface area contributed by atoms with Gasteiger partial charge in [0.25, 0.3) is 0 Å². The number of hydrogen-bond acceptors (Lipinski definition) is 4. The summed E-state index contributed by atoms with van der Waals surface area (Å²) in [5.41, 5.74) is 0. The average Bonchev–Trinajstić information content (AvgIpc) is 2.42. The summed E-state index contributed by atoms with van der Waals surface area (Å²) in [7, 11) is 4.51. The van der Waals surface area contributed by atoms with Gasteiger partial charge in [0, 0.05) is 38.8 Å². The van der Waals surface area contributed by atoms with E-state index in [2.05, 4.69) is 48.0 Å². The third-order valence-electron chi connectivity index (χ3n) is 4.36. The summed E-state index contributed by atoms with van der Waals surface area (Å²) >= 11 is 0. The number of likely N-dealkylation sites (N-methyl/N-ethyl adjacent to an activating group) is 3. The molecule has 0 amide bonds. The molecule has 0 bridgehead atoms. The predicted octanol–water partition coefficient (Wildman–Crippen LogP) is 0.944. The zero-order valence-electron chi connectivity index (χ0n) is 13.5. The number of piperidine rings is 1. The van der Waals surface area contributed by atoms with Crippen molar-refractivity contribution in [1.29, 1.82) is 0 Å². The van der Waals surface area contributed by atoms with Crippen molar-refractivity contribution in [3.8, 4) is 0 Å². The Bertz CT molecular complexity index is 218. The average molecular weight is 270 g/mol. The van der Waals surface area contributed by atoms with Crippen LogP contribution in [0.2, 0.25) is 0 Å². The largest absolute Gasteiger partial charge is 0.314 e. The maximum Gasteiger partial charge on any atom is 0.0221 e. The van der Waals surface area contributed by atoms with Crippen LogP contribution in [0.15, 0.2) is 0 Å². The van der Waals surface area contributed by atoms with Crippen molar-refractivity contribution in [3.05, 3.63) is 0 Å². The fourth-order valence-electron chi connectivity index (χ4n) is 2.84. The monoisotopic (exact) mass is 270 g/mol. The highest BCUT2D eigenvalue weighted by molar-refractivity contribution is 4.77. The molecular weight excluding hydrogens is 236 g/mol. The molecule has 1 aliphatic rings. The molecule has 1 rings (SSSR count). The van der Waals surface area contributed by atoms with Crippen LogP contribution >= 0.6 is 0 Å². The topological polar surface area (TPSA) is 21.8 Å². The second-order valence-corrected chi connectivity index (χ2v) is 5.82.